The lowest BCUT2D eigenvalue weighted by Crippen LogP contribution is -2.27. The maximum absolute atomic E-state index is 12.0. The molecule has 4 amide bonds. The summed E-state index contributed by atoms with van der Waals surface area (Å²) in [5.41, 5.74) is 1.96. The summed E-state index contributed by atoms with van der Waals surface area (Å²) in [7, 11) is 0. The molecule has 0 saturated heterocycles. The van der Waals surface area contributed by atoms with Crippen molar-refractivity contribution in [3.8, 4) is 0 Å². The zero-order valence-corrected chi connectivity index (χ0v) is 27.1. The third kappa shape index (κ3) is 12.6. The smallest absolute Gasteiger partial charge is 0.412 e. The van der Waals surface area contributed by atoms with Gasteiger partial charge in [-0.15, -0.1) is 0 Å². The van der Waals surface area contributed by atoms with Gasteiger partial charge >= 0.3 is 12.2 Å². The normalized spacial score (nSPS) is 10.9. The van der Waals surface area contributed by atoms with Crippen LogP contribution < -0.4 is 21.3 Å². The molecule has 0 spiro atoms. The van der Waals surface area contributed by atoms with Gasteiger partial charge in [-0.05, 0) is 121 Å². The molecule has 45 heavy (non-hydrogen) atoms. The molecule has 0 unspecified atom stereocenters. The van der Waals surface area contributed by atoms with Gasteiger partial charge in [0.05, 0.1) is 5.56 Å². The van der Waals surface area contributed by atoms with Gasteiger partial charge in [0.1, 0.15) is 17.0 Å². The van der Waals surface area contributed by atoms with Crippen molar-refractivity contribution >= 4 is 58.1 Å². The molecule has 0 aliphatic heterocycles. The fraction of sp³-hybridized carbons (Fsp3) is 0.273. The topological polar surface area (TPSA) is 148 Å². The fourth-order valence-corrected chi connectivity index (χ4v) is 4.10. The average Bonchev–Trinajstić information content (AvgIpc) is 3.62. The molecule has 4 aromatic rings. The first kappa shape index (κ1) is 34.4. The van der Waals surface area contributed by atoms with Crippen LogP contribution in [0.15, 0.2) is 81.9 Å². The van der Waals surface area contributed by atoms with E-state index in [-0.39, 0.29) is 17.6 Å². The number of anilines is 4. The second-order valence-corrected chi connectivity index (χ2v) is 12.5. The summed E-state index contributed by atoms with van der Waals surface area (Å²) in [6.45, 7) is 12.6. The van der Waals surface area contributed by atoms with E-state index in [2.05, 4.69) is 21.3 Å². The van der Waals surface area contributed by atoms with E-state index in [9.17, 15) is 19.2 Å². The Hall–Kier alpha value is -5.10. The lowest BCUT2D eigenvalue weighted by atomic mass is 10.2. The van der Waals surface area contributed by atoms with Gasteiger partial charge in [0.25, 0.3) is 11.8 Å². The number of benzene rings is 2. The molecule has 4 rings (SSSR count). The highest BCUT2D eigenvalue weighted by Crippen LogP contribution is 2.18. The summed E-state index contributed by atoms with van der Waals surface area (Å²) in [5, 5.41) is 14.4. The molecule has 0 saturated carbocycles. The number of furan rings is 1. The summed E-state index contributed by atoms with van der Waals surface area (Å²) >= 11 is 1.47. The van der Waals surface area contributed by atoms with E-state index < -0.39 is 23.4 Å². The molecule has 238 valence electrons. The van der Waals surface area contributed by atoms with E-state index in [0.29, 0.717) is 34.1 Å². The van der Waals surface area contributed by atoms with Gasteiger partial charge in [-0.1, -0.05) is 0 Å². The van der Waals surface area contributed by atoms with Crippen molar-refractivity contribution < 1.29 is 33.1 Å². The minimum Gasteiger partial charge on any atom is -0.456 e. The number of hydrogen-bond donors (Lipinski definition) is 4. The number of carbonyl (C=O) groups excluding carboxylic acids is 4. The van der Waals surface area contributed by atoms with Crippen LogP contribution >= 0.6 is 11.3 Å². The van der Waals surface area contributed by atoms with E-state index >= 15 is 0 Å². The van der Waals surface area contributed by atoms with Crippen LogP contribution in [0.3, 0.4) is 0 Å². The zero-order valence-electron chi connectivity index (χ0n) is 26.3. The molecule has 0 aliphatic rings. The lowest BCUT2D eigenvalue weighted by molar-refractivity contribution is 0.0624. The SMILES string of the molecule is CC(C)(C)OC(=O)Nc1ccc(NC(=O)c2ccsc2)cc1.Cc1ccc(C(=O)Nc2ccc(NC(=O)OC(C)(C)C)cc2)o1. The first-order valence-electron chi connectivity index (χ1n) is 14.0. The third-order valence-electron chi connectivity index (χ3n) is 5.32. The molecule has 4 N–H and O–H groups in total. The minimum atomic E-state index is -0.556. The number of hydrogen-bond acceptors (Lipinski definition) is 8. The summed E-state index contributed by atoms with van der Waals surface area (Å²) in [5.74, 6) is 0.436. The maximum atomic E-state index is 12.0. The van der Waals surface area contributed by atoms with Crippen LogP contribution in [0.1, 0.15) is 68.2 Å². The van der Waals surface area contributed by atoms with Crippen LogP contribution in [0.4, 0.5) is 32.3 Å². The van der Waals surface area contributed by atoms with Gasteiger partial charge in [0, 0.05) is 28.1 Å². The minimum absolute atomic E-state index is 0.158. The number of ether oxygens (including phenoxy) is 2. The van der Waals surface area contributed by atoms with E-state index in [1.54, 1.807) is 121 Å². The predicted molar refractivity (Wildman–Crippen MR) is 176 cm³/mol. The highest BCUT2D eigenvalue weighted by molar-refractivity contribution is 7.08. The van der Waals surface area contributed by atoms with Gasteiger partial charge in [-0.25, -0.2) is 9.59 Å². The summed E-state index contributed by atoms with van der Waals surface area (Å²) < 4.78 is 15.6. The Kier molecular flexibility index (Phi) is 11.5. The van der Waals surface area contributed by atoms with Crippen molar-refractivity contribution in [2.45, 2.75) is 59.7 Å². The molecule has 2 aromatic carbocycles. The molecule has 0 atom stereocenters. The quantitative estimate of drug-likeness (QED) is 0.166. The number of aryl methyl sites for hydroxylation is 1. The van der Waals surface area contributed by atoms with Crippen molar-refractivity contribution in [2.75, 3.05) is 21.3 Å². The number of carbonyl (C=O) groups is 4. The fourth-order valence-electron chi connectivity index (χ4n) is 3.46. The summed E-state index contributed by atoms with van der Waals surface area (Å²) in [6.07, 6.45) is -1.04. The Labute approximate surface area is 266 Å². The van der Waals surface area contributed by atoms with Crippen molar-refractivity contribution in [1.29, 1.82) is 0 Å². The molecule has 12 heteroatoms. The predicted octanol–water partition coefficient (Wildman–Crippen LogP) is 8.53. The molecule has 11 nitrogen and oxygen atoms in total. The molecular weight excluding hydrogens is 596 g/mol. The van der Waals surface area contributed by atoms with Crippen molar-refractivity contribution in [3.05, 3.63) is 94.6 Å². The Morgan fingerprint density at radius 2 is 1.02 bits per heavy atom. The van der Waals surface area contributed by atoms with Crippen LogP contribution in [-0.2, 0) is 9.47 Å². The largest absolute Gasteiger partial charge is 0.456 e. The van der Waals surface area contributed by atoms with Gasteiger partial charge in [0.15, 0.2) is 5.76 Å². The first-order valence-corrected chi connectivity index (χ1v) is 14.9. The second kappa shape index (κ2) is 15.1. The van der Waals surface area contributed by atoms with E-state index in [1.807, 2.05) is 5.38 Å². The van der Waals surface area contributed by atoms with Crippen LogP contribution in [0.2, 0.25) is 0 Å². The van der Waals surface area contributed by atoms with Crippen molar-refractivity contribution in [3.63, 3.8) is 0 Å². The molecule has 0 fully saturated rings. The van der Waals surface area contributed by atoms with Crippen LogP contribution in [0.5, 0.6) is 0 Å². The Morgan fingerprint density at radius 3 is 1.38 bits per heavy atom. The molecule has 2 aromatic heterocycles. The van der Waals surface area contributed by atoms with Gasteiger partial charge in [-0.2, -0.15) is 11.3 Å². The molecule has 0 bridgehead atoms. The Morgan fingerprint density at radius 1 is 0.600 bits per heavy atom. The van der Waals surface area contributed by atoms with Gasteiger partial charge in [-0.3, -0.25) is 20.2 Å². The van der Waals surface area contributed by atoms with Gasteiger partial charge in [0.2, 0.25) is 0 Å². The highest BCUT2D eigenvalue weighted by Gasteiger charge is 2.17. The average molecular weight is 635 g/mol. The highest BCUT2D eigenvalue weighted by atomic mass is 32.1. The van der Waals surface area contributed by atoms with E-state index in [1.165, 1.54) is 11.3 Å². The number of amides is 4. The van der Waals surface area contributed by atoms with Crippen LogP contribution in [0.25, 0.3) is 0 Å². The van der Waals surface area contributed by atoms with Crippen molar-refractivity contribution in [1.82, 2.24) is 0 Å². The molecule has 0 radical (unpaired) electrons. The maximum Gasteiger partial charge on any atom is 0.412 e. The molecular formula is C33H38N4O7S. The Balaban J connectivity index is 0.000000246. The lowest BCUT2D eigenvalue weighted by Gasteiger charge is -2.19. The number of rotatable bonds is 6. The monoisotopic (exact) mass is 634 g/mol. The van der Waals surface area contributed by atoms with Crippen molar-refractivity contribution in [2.24, 2.45) is 0 Å². The van der Waals surface area contributed by atoms with Crippen LogP contribution in [-0.4, -0.2) is 35.2 Å². The zero-order chi connectivity index (χ0) is 33.2. The second-order valence-electron chi connectivity index (χ2n) is 11.7. The number of thiophene rings is 1. The molecule has 0 aliphatic carbocycles. The third-order valence-corrected chi connectivity index (χ3v) is 6.01. The Bertz CT molecular complexity index is 1580. The van der Waals surface area contributed by atoms with Gasteiger partial charge < -0.3 is 24.5 Å². The standard InChI is InChI=1S/C17H20N2O4.C16H18N2O3S/c1-11-5-10-14(22-11)15(20)18-12-6-8-13(9-7-12)19-16(21)23-17(2,3)4;1-16(2,3)21-15(20)18-13-6-4-12(5-7-13)17-14(19)11-8-9-22-10-11/h5-10H,1-4H3,(H,18,20)(H,19,21);4-10H,1-3H3,(H,17,19)(H,18,20). The summed E-state index contributed by atoms with van der Waals surface area (Å²) in [4.78, 5) is 47.2. The number of nitrogens with one attached hydrogen (secondary N) is 4. The van der Waals surface area contributed by atoms with Crippen LogP contribution in [0, 0.1) is 6.92 Å². The summed E-state index contributed by atoms with van der Waals surface area (Å²) in [6, 6.07) is 18.7. The molecule has 2 heterocycles. The van der Waals surface area contributed by atoms with E-state index in [4.69, 9.17) is 13.9 Å². The first-order chi connectivity index (χ1) is 21.1. The van der Waals surface area contributed by atoms with E-state index in [0.717, 1.165) is 0 Å².